The zero-order valence-electron chi connectivity index (χ0n) is 17.2. The van der Waals surface area contributed by atoms with Crippen LogP contribution < -0.4 is 5.73 Å². The SMILES string of the molecule is Cc1cccc(-c2sc(C)nc2C(=O)N2CCC2Cc2cn3c(C(N)=O)cnc3s2)c1. The van der Waals surface area contributed by atoms with Crippen LogP contribution in [0.1, 0.15) is 42.8 Å². The largest absolute Gasteiger partial charge is 0.364 e. The molecule has 4 aromatic rings. The molecule has 0 radical (unpaired) electrons. The third kappa shape index (κ3) is 3.53. The summed E-state index contributed by atoms with van der Waals surface area (Å²) in [6.45, 7) is 4.71. The number of aryl methyl sites for hydroxylation is 2. The summed E-state index contributed by atoms with van der Waals surface area (Å²) < 4.78 is 1.73. The summed E-state index contributed by atoms with van der Waals surface area (Å²) >= 11 is 3.08. The standard InChI is InChI=1S/C22H21N5O2S2/c1-12-4-3-5-14(8-12)19-18(25-13(2)30-19)21(29)26-7-6-15(26)9-16-11-27-17(20(23)28)10-24-22(27)31-16/h3-5,8,10-11,15H,6-7,9H2,1-2H3,(H2,23,28). The van der Waals surface area contributed by atoms with Crippen LogP contribution >= 0.6 is 22.7 Å². The molecule has 7 nitrogen and oxygen atoms in total. The van der Waals surface area contributed by atoms with Gasteiger partial charge in [0.1, 0.15) is 11.4 Å². The maximum absolute atomic E-state index is 13.4. The van der Waals surface area contributed by atoms with Gasteiger partial charge in [-0.05, 0) is 25.8 Å². The van der Waals surface area contributed by atoms with E-state index >= 15 is 0 Å². The molecule has 158 valence electrons. The van der Waals surface area contributed by atoms with Gasteiger partial charge in [-0.1, -0.05) is 29.8 Å². The first-order valence-corrected chi connectivity index (χ1v) is 11.6. The van der Waals surface area contributed by atoms with Crippen LogP contribution in [0.25, 0.3) is 15.4 Å². The van der Waals surface area contributed by atoms with Gasteiger partial charge in [-0.3, -0.25) is 14.0 Å². The fourth-order valence-electron chi connectivity index (χ4n) is 3.95. The molecule has 3 aromatic heterocycles. The van der Waals surface area contributed by atoms with Gasteiger partial charge in [-0.2, -0.15) is 0 Å². The second kappa shape index (κ2) is 7.58. The number of primary amides is 1. The summed E-state index contributed by atoms with van der Waals surface area (Å²) in [5.41, 5.74) is 8.52. The lowest BCUT2D eigenvalue weighted by Crippen LogP contribution is -2.52. The molecular formula is C22H21N5O2S2. The number of carbonyl (C=O) groups is 2. The van der Waals surface area contributed by atoms with Gasteiger partial charge >= 0.3 is 0 Å². The molecule has 0 aliphatic carbocycles. The highest BCUT2D eigenvalue weighted by atomic mass is 32.1. The Kier molecular flexibility index (Phi) is 4.86. The van der Waals surface area contributed by atoms with Crippen molar-refractivity contribution in [3.8, 4) is 10.4 Å². The van der Waals surface area contributed by atoms with E-state index < -0.39 is 5.91 Å². The van der Waals surface area contributed by atoms with E-state index in [0.717, 1.165) is 50.2 Å². The summed E-state index contributed by atoms with van der Waals surface area (Å²) in [4.78, 5) is 38.4. The van der Waals surface area contributed by atoms with Crippen LogP contribution in [0.3, 0.4) is 0 Å². The number of rotatable bonds is 5. The third-order valence-electron chi connectivity index (χ3n) is 5.57. The minimum absolute atomic E-state index is 0.0173. The van der Waals surface area contributed by atoms with E-state index in [1.54, 1.807) is 15.7 Å². The van der Waals surface area contributed by atoms with Crippen molar-refractivity contribution in [1.29, 1.82) is 0 Å². The number of nitrogens with two attached hydrogens (primary N) is 1. The van der Waals surface area contributed by atoms with Crippen LogP contribution in [0.2, 0.25) is 0 Å². The summed E-state index contributed by atoms with van der Waals surface area (Å²) in [5, 5.41) is 0.885. The van der Waals surface area contributed by atoms with Crippen molar-refractivity contribution in [1.82, 2.24) is 19.3 Å². The van der Waals surface area contributed by atoms with Gasteiger partial charge in [0.05, 0.1) is 16.1 Å². The number of imidazole rings is 1. The second-order valence-corrected chi connectivity index (χ2v) is 10.1. The summed E-state index contributed by atoms with van der Waals surface area (Å²) in [7, 11) is 0. The zero-order valence-corrected chi connectivity index (χ0v) is 18.8. The fourth-order valence-corrected chi connectivity index (χ4v) is 5.88. The number of likely N-dealkylation sites (tertiary alicyclic amines) is 1. The smallest absolute Gasteiger partial charge is 0.274 e. The van der Waals surface area contributed by atoms with Crippen LogP contribution in [0, 0.1) is 13.8 Å². The topological polar surface area (TPSA) is 93.6 Å². The van der Waals surface area contributed by atoms with E-state index in [-0.39, 0.29) is 11.9 Å². The zero-order chi connectivity index (χ0) is 21.7. The lowest BCUT2D eigenvalue weighted by Gasteiger charge is -2.40. The van der Waals surface area contributed by atoms with Crippen LogP contribution in [-0.2, 0) is 6.42 Å². The van der Waals surface area contributed by atoms with E-state index in [4.69, 9.17) is 5.73 Å². The summed E-state index contributed by atoms with van der Waals surface area (Å²) in [6.07, 6.45) is 5.06. The van der Waals surface area contributed by atoms with Crippen molar-refractivity contribution < 1.29 is 9.59 Å². The number of fused-ring (bicyclic) bond motifs is 1. The van der Waals surface area contributed by atoms with Gasteiger partial charge in [-0.15, -0.1) is 22.7 Å². The predicted molar refractivity (Wildman–Crippen MR) is 122 cm³/mol. The Morgan fingerprint density at radius 2 is 2.10 bits per heavy atom. The predicted octanol–water partition coefficient (Wildman–Crippen LogP) is 3.69. The quantitative estimate of drug-likeness (QED) is 0.501. The average molecular weight is 452 g/mol. The lowest BCUT2D eigenvalue weighted by atomic mass is 9.98. The Morgan fingerprint density at radius 3 is 2.81 bits per heavy atom. The van der Waals surface area contributed by atoms with Crippen LogP contribution in [0.4, 0.5) is 0 Å². The molecule has 2 N–H and O–H groups in total. The van der Waals surface area contributed by atoms with Crippen molar-refractivity contribution in [3.05, 3.63) is 63.5 Å². The van der Waals surface area contributed by atoms with Gasteiger partial charge in [-0.25, -0.2) is 9.97 Å². The molecule has 1 aromatic carbocycles. The molecule has 1 atom stereocenters. The number of aromatic nitrogens is 3. The monoisotopic (exact) mass is 451 g/mol. The average Bonchev–Trinajstić information content (AvgIpc) is 3.38. The van der Waals surface area contributed by atoms with E-state index in [9.17, 15) is 9.59 Å². The van der Waals surface area contributed by atoms with Gasteiger partial charge in [0.25, 0.3) is 11.8 Å². The normalized spacial score (nSPS) is 15.9. The second-order valence-electron chi connectivity index (χ2n) is 7.78. The van der Waals surface area contributed by atoms with E-state index in [1.807, 2.05) is 43.1 Å². The van der Waals surface area contributed by atoms with Gasteiger partial charge in [0.2, 0.25) is 0 Å². The van der Waals surface area contributed by atoms with Crippen LogP contribution in [0.5, 0.6) is 0 Å². The minimum Gasteiger partial charge on any atom is -0.364 e. The number of amides is 2. The molecule has 1 aliphatic rings. The van der Waals surface area contributed by atoms with Crippen LogP contribution in [-0.4, -0.2) is 43.7 Å². The fraction of sp³-hybridized carbons (Fsp3) is 0.273. The van der Waals surface area contributed by atoms with Crippen molar-refractivity contribution in [3.63, 3.8) is 0 Å². The third-order valence-corrected chi connectivity index (χ3v) is 7.61. The highest BCUT2D eigenvalue weighted by Crippen LogP contribution is 2.34. The molecule has 4 heterocycles. The van der Waals surface area contributed by atoms with Crippen molar-refractivity contribution in [2.24, 2.45) is 5.73 Å². The molecule has 1 unspecified atom stereocenters. The number of hydrogen-bond donors (Lipinski definition) is 1. The molecular weight excluding hydrogens is 430 g/mol. The highest BCUT2D eigenvalue weighted by Gasteiger charge is 2.35. The van der Waals surface area contributed by atoms with Crippen molar-refractivity contribution >= 4 is 39.4 Å². The molecule has 0 saturated carbocycles. The number of nitrogens with zero attached hydrogens (tertiary/aromatic N) is 4. The summed E-state index contributed by atoms with van der Waals surface area (Å²) in [5.74, 6) is -0.517. The number of carbonyl (C=O) groups excluding carboxylic acids is 2. The molecule has 1 aliphatic heterocycles. The molecule has 9 heteroatoms. The Balaban J connectivity index is 1.38. The number of benzene rings is 1. The lowest BCUT2D eigenvalue weighted by molar-refractivity contribution is 0.0461. The maximum atomic E-state index is 13.4. The summed E-state index contributed by atoms with van der Waals surface area (Å²) in [6, 6.07) is 8.29. The van der Waals surface area contributed by atoms with E-state index in [1.165, 1.54) is 17.5 Å². The van der Waals surface area contributed by atoms with Crippen molar-refractivity contribution in [2.45, 2.75) is 32.7 Å². The van der Waals surface area contributed by atoms with Gasteiger partial charge in [0.15, 0.2) is 4.96 Å². The Labute approximate surface area is 187 Å². The highest BCUT2D eigenvalue weighted by molar-refractivity contribution is 7.17. The molecule has 31 heavy (non-hydrogen) atoms. The Bertz CT molecular complexity index is 1320. The Hall–Kier alpha value is -3.04. The first-order chi connectivity index (χ1) is 14.9. The van der Waals surface area contributed by atoms with Gasteiger partial charge < -0.3 is 10.6 Å². The minimum atomic E-state index is -0.500. The van der Waals surface area contributed by atoms with E-state index in [0.29, 0.717) is 11.4 Å². The number of thiazole rings is 2. The molecule has 0 bridgehead atoms. The molecule has 1 saturated heterocycles. The Morgan fingerprint density at radius 1 is 1.26 bits per heavy atom. The number of hydrogen-bond acceptors (Lipinski definition) is 6. The van der Waals surface area contributed by atoms with Gasteiger partial charge in [0, 0.05) is 30.1 Å². The van der Waals surface area contributed by atoms with Crippen molar-refractivity contribution in [2.75, 3.05) is 6.54 Å². The molecule has 0 spiro atoms. The molecule has 2 amide bonds. The molecule has 1 fully saturated rings. The first-order valence-electron chi connectivity index (χ1n) is 10.0. The van der Waals surface area contributed by atoms with E-state index in [2.05, 4.69) is 16.0 Å². The first kappa shape index (κ1) is 19.9. The molecule has 5 rings (SSSR count). The van der Waals surface area contributed by atoms with Crippen LogP contribution in [0.15, 0.2) is 36.7 Å². The maximum Gasteiger partial charge on any atom is 0.274 e.